The third-order valence-corrected chi connectivity index (χ3v) is 3.12. The van der Waals surface area contributed by atoms with Crippen LogP contribution in [-0.4, -0.2) is 4.98 Å². The van der Waals surface area contributed by atoms with E-state index in [0.29, 0.717) is 11.4 Å². The molecule has 0 aliphatic carbocycles. The van der Waals surface area contributed by atoms with Gasteiger partial charge in [-0.25, -0.2) is 0 Å². The van der Waals surface area contributed by atoms with Gasteiger partial charge in [0.05, 0.1) is 16.1 Å². The molecule has 16 heavy (non-hydrogen) atoms. The minimum absolute atomic E-state index is 0.0893. The second-order valence-corrected chi connectivity index (χ2v) is 4.45. The Bertz CT molecular complexity index is 456. The van der Waals surface area contributed by atoms with Gasteiger partial charge in [0.2, 0.25) is 0 Å². The monoisotopic (exact) mass is 251 g/mol. The van der Waals surface area contributed by atoms with E-state index in [-0.39, 0.29) is 5.38 Å². The second-order valence-electron chi connectivity index (χ2n) is 3.51. The largest absolute Gasteiger partial charge is 0.260 e. The minimum atomic E-state index is -0.0893. The number of nitrogens with zero attached hydrogens (tertiary/aromatic N) is 1. The highest BCUT2D eigenvalue weighted by molar-refractivity contribution is 6.31. The van der Waals surface area contributed by atoms with Gasteiger partial charge in [-0.15, -0.1) is 11.6 Å². The van der Waals surface area contributed by atoms with Gasteiger partial charge in [0.1, 0.15) is 0 Å². The fourth-order valence-corrected chi connectivity index (χ4v) is 2.01. The molecule has 0 N–H and O–H groups in total. The second kappa shape index (κ2) is 5.33. The molecule has 2 aromatic rings. The highest BCUT2D eigenvalue weighted by atomic mass is 35.5. The number of pyridine rings is 1. The first-order valence-electron chi connectivity index (χ1n) is 5.06. The van der Waals surface area contributed by atoms with E-state index in [1.165, 1.54) is 0 Å². The Morgan fingerprint density at radius 1 is 1.06 bits per heavy atom. The lowest BCUT2D eigenvalue weighted by atomic mass is 10.1. The van der Waals surface area contributed by atoms with Crippen LogP contribution in [0.4, 0.5) is 0 Å². The van der Waals surface area contributed by atoms with Crippen LogP contribution < -0.4 is 0 Å². The Balaban J connectivity index is 2.14. The van der Waals surface area contributed by atoms with E-state index in [4.69, 9.17) is 23.2 Å². The maximum atomic E-state index is 6.31. The minimum Gasteiger partial charge on any atom is -0.260 e. The van der Waals surface area contributed by atoms with Crippen molar-refractivity contribution in [1.82, 2.24) is 4.98 Å². The van der Waals surface area contributed by atoms with Crippen LogP contribution in [0, 0.1) is 0 Å². The standard InChI is InChI=1S/C13H11Cl2N/c14-11-7-4-8-16-13(11)9-12(15)10-5-2-1-3-6-10/h1-8,12H,9H2. The van der Waals surface area contributed by atoms with Crippen molar-refractivity contribution in [2.24, 2.45) is 0 Å². The van der Waals surface area contributed by atoms with Gasteiger partial charge in [0.25, 0.3) is 0 Å². The molecule has 1 aromatic heterocycles. The average molecular weight is 252 g/mol. The molecule has 0 aliphatic heterocycles. The molecule has 1 aromatic carbocycles. The third-order valence-electron chi connectivity index (χ3n) is 2.37. The van der Waals surface area contributed by atoms with Gasteiger partial charge in [-0.3, -0.25) is 4.98 Å². The first kappa shape index (κ1) is 11.4. The number of benzene rings is 1. The van der Waals surface area contributed by atoms with E-state index >= 15 is 0 Å². The molecule has 0 saturated carbocycles. The molecule has 0 spiro atoms. The maximum absolute atomic E-state index is 6.31. The topological polar surface area (TPSA) is 12.9 Å². The average Bonchev–Trinajstić information content (AvgIpc) is 2.33. The van der Waals surface area contributed by atoms with Crippen LogP contribution in [0.15, 0.2) is 48.7 Å². The quantitative estimate of drug-likeness (QED) is 0.744. The zero-order valence-electron chi connectivity index (χ0n) is 8.61. The van der Waals surface area contributed by atoms with Gasteiger partial charge < -0.3 is 0 Å². The molecule has 3 heteroatoms. The summed E-state index contributed by atoms with van der Waals surface area (Å²) in [5.41, 5.74) is 1.93. The van der Waals surface area contributed by atoms with Gasteiger partial charge >= 0.3 is 0 Å². The first-order chi connectivity index (χ1) is 7.77. The molecular weight excluding hydrogens is 241 g/mol. The van der Waals surface area contributed by atoms with Crippen molar-refractivity contribution in [3.8, 4) is 0 Å². The van der Waals surface area contributed by atoms with E-state index in [0.717, 1.165) is 11.3 Å². The number of aromatic nitrogens is 1. The van der Waals surface area contributed by atoms with Crippen molar-refractivity contribution in [2.75, 3.05) is 0 Å². The lowest BCUT2D eigenvalue weighted by Gasteiger charge is -2.09. The van der Waals surface area contributed by atoms with Crippen molar-refractivity contribution in [2.45, 2.75) is 11.8 Å². The maximum Gasteiger partial charge on any atom is 0.0641 e. The lowest BCUT2D eigenvalue weighted by molar-refractivity contribution is 0.881. The summed E-state index contributed by atoms with van der Waals surface area (Å²) in [6.45, 7) is 0. The molecule has 1 heterocycles. The molecule has 0 aliphatic rings. The van der Waals surface area contributed by atoms with Gasteiger partial charge in [-0.05, 0) is 17.7 Å². The smallest absolute Gasteiger partial charge is 0.0641 e. The van der Waals surface area contributed by atoms with E-state index in [9.17, 15) is 0 Å². The molecule has 82 valence electrons. The summed E-state index contributed by atoms with van der Waals surface area (Å²) in [5, 5.41) is 0.581. The molecule has 1 unspecified atom stereocenters. The fraction of sp³-hybridized carbons (Fsp3) is 0.154. The SMILES string of the molecule is Clc1cccnc1CC(Cl)c1ccccc1. The molecule has 1 atom stereocenters. The van der Waals surface area contributed by atoms with Crippen molar-refractivity contribution in [1.29, 1.82) is 0 Å². The summed E-state index contributed by atoms with van der Waals surface area (Å²) in [6.07, 6.45) is 2.38. The Morgan fingerprint density at radius 2 is 1.81 bits per heavy atom. The lowest BCUT2D eigenvalue weighted by Crippen LogP contribution is -1.98. The van der Waals surface area contributed by atoms with Gasteiger partial charge in [-0.2, -0.15) is 0 Å². The van der Waals surface area contributed by atoms with Crippen molar-refractivity contribution >= 4 is 23.2 Å². The Morgan fingerprint density at radius 3 is 2.50 bits per heavy atom. The third kappa shape index (κ3) is 2.75. The molecule has 0 radical (unpaired) electrons. The summed E-state index contributed by atoms with van der Waals surface area (Å²) in [5.74, 6) is 0. The summed E-state index contributed by atoms with van der Waals surface area (Å²) < 4.78 is 0. The normalized spacial score (nSPS) is 12.4. The van der Waals surface area contributed by atoms with E-state index in [2.05, 4.69) is 4.98 Å². The highest BCUT2D eigenvalue weighted by Gasteiger charge is 2.11. The number of hydrogen-bond acceptors (Lipinski definition) is 1. The summed E-state index contributed by atoms with van der Waals surface area (Å²) in [6, 6.07) is 13.6. The number of halogens is 2. The zero-order chi connectivity index (χ0) is 11.4. The van der Waals surface area contributed by atoms with Crippen LogP contribution in [-0.2, 0) is 6.42 Å². The summed E-state index contributed by atoms with van der Waals surface area (Å²) in [7, 11) is 0. The van der Waals surface area contributed by atoms with E-state index < -0.39 is 0 Å². The van der Waals surface area contributed by atoms with Crippen LogP contribution in [0.1, 0.15) is 16.6 Å². The van der Waals surface area contributed by atoms with Gasteiger partial charge in [0.15, 0.2) is 0 Å². The predicted octanol–water partition coefficient (Wildman–Crippen LogP) is 4.26. The Labute approximate surface area is 105 Å². The molecule has 0 bridgehead atoms. The number of rotatable bonds is 3. The molecule has 2 rings (SSSR count). The van der Waals surface area contributed by atoms with Crippen molar-refractivity contribution < 1.29 is 0 Å². The van der Waals surface area contributed by atoms with Crippen LogP contribution in [0.25, 0.3) is 0 Å². The van der Waals surface area contributed by atoms with Crippen molar-refractivity contribution in [3.05, 3.63) is 64.9 Å². The van der Waals surface area contributed by atoms with Gasteiger partial charge in [0, 0.05) is 12.6 Å². The van der Waals surface area contributed by atoms with Crippen LogP contribution in [0.5, 0.6) is 0 Å². The Kier molecular flexibility index (Phi) is 3.81. The molecule has 1 nitrogen and oxygen atoms in total. The van der Waals surface area contributed by atoms with E-state index in [1.807, 2.05) is 42.5 Å². The van der Waals surface area contributed by atoms with Crippen molar-refractivity contribution in [3.63, 3.8) is 0 Å². The van der Waals surface area contributed by atoms with Crippen LogP contribution >= 0.6 is 23.2 Å². The zero-order valence-corrected chi connectivity index (χ0v) is 10.1. The molecule has 0 saturated heterocycles. The summed E-state index contributed by atoms with van der Waals surface area (Å²) in [4.78, 5) is 4.23. The molecule has 0 amide bonds. The number of hydrogen-bond donors (Lipinski definition) is 0. The first-order valence-corrected chi connectivity index (χ1v) is 5.87. The fourth-order valence-electron chi connectivity index (χ4n) is 1.52. The molecular formula is C13H11Cl2N. The van der Waals surface area contributed by atoms with Crippen LogP contribution in [0.2, 0.25) is 5.02 Å². The predicted molar refractivity (Wildman–Crippen MR) is 68.0 cm³/mol. The molecule has 0 fully saturated rings. The highest BCUT2D eigenvalue weighted by Crippen LogP contribution is 2.26. The van der Waals surface area contributed by atoms with Gasteiger partial charge in [-0.1, -0.05) is 41.9 Å². The summed E-state index contributed by atoms with van der Waals surface area (Å²) >= 11 is 12.3. The van der Waals surface area contributed by atoms with Crippen LogP contribution in [0.3, 0.4) is 0 Å². The number of alkyl halides is 1. The Hall–Kier alpha value is -1.05. The van der Waals surface area contributed by atoms with E-state index in [1.54, 1.807) is 6.20 Å².